The van der Waals surface area contributed by atoms with Gasteiger partial charge in [0.15, 0.2) is 0 Å². The molecule has 12 heavy (non-hydrogen) atoms. The quantitative estimate of drug-likeness (QED) is 0.520. The number of hydrogen-bond acceptors (Lipinski definition) is 2. The van der Waals surface area contributed by atoms with Crippen molar-refractivity contribution in [1.82, 2.24) is 9.97 Å². The predicted molar refractivity (Wildman–Crippen MR) is 46.6 cm³/mol. The van der Waals surface area contributed by atoms with Gasteiger partial charge in [-0.25, -0.2) is 4.98 Å². The van der Waals surface area contributed by atoms with Crippen LogP contribution in [0.3, 0.4) is 0 Å². The summed E-state index contributed by atoms with van der Waals surface area (Å²) in [6.45, 7) is 1.12. The minimum Gasteiger partial charge on any atom is -0.369 e. The van der Waals surface area contributed by atoms with Gasteiger partial charge in [0.25, 0.3) is 0 Å². The van der Waals surface area contributed by atoms with Crippen molar-refractivity contribution in [3.8, 4) is 12.3 Å². The van der Waals surface area contributed by atoms with Crippen LogP contribution in [-0.2, 0) is 11.2 Å². The molecule has 0 aromatic carbocycles. The molecule has 0 spiro atoms. The fraction of sp³-hybridized carbons (Fsp3) is 0.444. The summed E-state index contributed by atoms with van der Waals surface area (Å²) in [6, 6.07) is 0. The Kier molecular flexibility index (Phi) is 3.96. The van der Waals surface area contributed by atoms with Crippen LogP contribution in [0.5, 0.6) is 0 Å². The molecule has 0 unspecified atom stereocenters. The SMILES string of the molecule is C#CCOCCCc1cnc[nH]1. The van der Waals surface area contributed by atoms with E-state index in [1.54, 1.807) is 6.33 Å². The highest BCUT2D eigenvalue weighted by Crippen LogP contribution is 1.96. The summed E-state index contributed by atoms with van der Waals surface area (Å²) in [5.41, 5.74) is 1.14. The number of terminal acetylenes is 1. The van der Waals surface area contributed by atoms with E-state index in [4.69, 9.17) is 11.2 Å². The number of nitrogens with zero attached hydrogens (tertiary/aromatic N) is 1. The highest BCUT2D eigenvalue weighted by molar-refractivity contribution is 4.93. The third-order valence-electron chi connectivity index (χ3n) is 1.48. The largest absolute Gasteiger partial charge is 0.369 e. The van der Waals surface area contributed by atoms with Gasteiger partial charge < -0.3 is 9.72 Å². The van der Waals surface area contributed by atoms with Gasteiger partial charge in [-0.1, -0.05) is 5.92 Å². The van der Waals surface area contributed by atoms with E-state index in [0.717, 1.165) is 18.5 Å². The Hall–Kier alpha value is -1.27. The van der Waals surface area contributed by atoms with E-state index >= 15 is 0 Å². The maximum Gasteiger partial charge on any atom is 0.107 e. The van der Waals surface area contributed by atoms with E-state index in [9.17, 15) is 0 Å². The van der Waals surface area contributed by atoms with Crippen LogP contribution in [0.25, 0.3) is 0 Å². The normalized spacial score (nSPS) is 9.58. The van der Waals surface area contributed by atoms with E-state index in [-0.39, 0.29) is 0 Å². The van der Waals surface area contributed by atoms with Crippen molar-refractivity contribution in [1.29, 1.82) is 0 Å². The Morgan fingerprint density at radius 2 is 2.58 bits per heavy atom. The van der Waals surface area contributed by atoms with E-state index < -0.39 is 0 Å². The number of ether oxygens (including phenoxy) is 1. The van der Waals surface area contributed by atoms with Crippen LogP contribution in [0.2, 0.25) is 0 Å². The van der Waals surface area contributed by atoms with Crippen molar-refractivity contribution in [2.75, 3.05) is 13.2 Å². The lowest BCUT2D eigenvalue weighted by Gasteiger charge is -1.97. The Morgan fingerprint density at radius 1 is 1.67 bits per heavy atom. The molecule has 1 heterocycles. The molecule has 1 N–H and O–H groups in total. The average molecular weight is 164 g/mol. The van der Waals surface area contributed by atoms with Gasteiger partial charge in [0, 0.05) is 18.5 Å². The van der Waals surface area contributed by atoms with Gasteiger partial charge in [-0.3, -0.25) is 0 Å². The highest BCUT2D eigenvalue weighted by Gasteiger charge is 1.92. The van der Waals surface area contributed by atoms with Crippen LogP contribution in [-0.4, -0.2) is 23.2 Å². The number of nitrogens with one attached hydrogen (secondary N) is 1. The standard InChI is InChI=1S/C9H12N2O/c1-2-5-12-6-3-4-9-7-10-8-11-9/h1,7-8H,3-6H2,(H,10,11). The van der Waals surface area contributed by atoms with Crippen molar-refractivity contribution < 1.29 is 4.74 Å². The molecule has 3 nitrogen and oxygen atoms in total. The zero-order valence-corrected chi connectivity index (χ0v) is 6.92. The third kappa shape index (κ3) is 3.22. The summed E-state index contributed by atoms with van der Waals surface area (Å²) >= 11 is 0. The van der Waals surface area contributed by atoms with E-state index in [0.29, 0.717) is 13.2 Å². The van der Waals surface area contributed by atoms with Crippen LogP contribution in [0.4, 0.5) is 0 Å². The topological polar surface area (TPSA) is 37.9 Å². The number of hydrogen-bond donors (Lipinski definition) is 1. The number of imidazole rings is 1. The lowest BCUT2D eigenvalue weighted by molar-refractivity contribution is 0.164. The summed E-state index contributed by atoms with van der Waals surface area (Å²) in [6.07, 6.45) is 10.5. The summed E-state index contributed by atoms with van der Waals surface area (Å²) in [5, 5.41) is 0. The lowest BCUT2D eigenvalue weighted by atomic mass is 10.3. The fourth-order valence-corrected chi connectivity index (χ4v) is 0.917. The molecule has 0 radical (unpaired) electrons. The van der Waals surface area contributed by atoms with Gasteiger partial charge in [-0.05, 0) is 12.8 Å². The molecular weight excluding hydrogens is 152 g/mol. The average Bonchev–Trinajstić information content (AvgIpc) is 2.57. The molecule has 0 saturated heterocycles. The molecular formula is C9H12N2O. The van der Waals surface area contributed by atoms with Gasteiger partial charge in [-0.2, -0.15) is 0 Å². The molecule has 0 saturated carbocycles. The van der Waals surface area contributed by atoms with Crippen molar-refractivity contribution in [2.24, 2.45) is 0 Å². The summed E-state index contributed by atoms with van der Waals surface area (Å²) < 4.78 is 5.11. The lowest BCUT2D eigenvalue weighted by Crippen LogP contribution is -1.96. The second-order valence-electron chi connectivity index (χ2n) is 2.44. The maximum absolute atomic E-state index is 5.11. The molecule has 64 valence electrons. The van der Waals surface area contributed by atoms with Gasteiger partial charge in [0.2, 0.25) is 0 Å². The zero-order chi connectivity index (χ0) is 8.65. The van der Waals surface area contributed by atoms with Crippen LogP contribution in [0.15, 0.2) is 12.5 Å². The van der Waals surface area contributed by atoms with Crippen LogP contribution in [0.1, 0.15) is 12.1 Å². The first-order valence-electron chi connectivity index (χ1n) is 3.92. The number of aryl methyl sites for hydroxylation is 1. The minimum atomic E-state index is 0.406. The molecule has 1 aromatic rings. The maximum atomic E-state index is 5.11. The number of H-pyrrole nitrogens is 1. The smallest absolute Gasteiger partial charge is 0.107 e. The fourth-order valence-electron chi connectivity index (χ4n) is 0.917. The predicted octanol–water partition coefficient (Wildman–Crippen LogP) is 0.992. The molecule has 0 amide bonds. The molecule has 0 aliphatic heterocycles. The van der Waals surface area contributed by atoms with Crippen molar-refractivity contribution in [3.05, 3.63) is 18.2 Å². The summed E-state index contributed by atoms with van der Waals surface area (Å²) in [7, 11) is 0. The van der Waals surface area contributed by atoms with Crippen LogP contribution in [0, 0.1) is 12.3 Å². The van der Waals surface area contributed by atoms with E-state index in [1.807, 2.05) is 6.20 Å². The minimum absolute atomic E-state index is 0.406. The zero-order valence-electron chi connectivity index (χ0n) is 6.92. The van der Waals surface area contributed by atoms with E-state index in [2.05, 4.69) is 15.9 Å². The van der Waals surface area contributed by atoms with Crippen molar-refractivity contribution in [2.45, 2.75) is 12.8 Å². The van der Waals surface area contributed by atoms with Gasteiger partial charge >= 0.3 is 0 Å². The molecule has 0 fully saturated rings. The van der Waals surface area contributed by atoms with Crippen LogP contribution < -0.4 is 0 Å². The monoisotopic (exact) mass is 164 g/mol. The second-order valence-corrected chi connectivity index (χ2v) is 2.44. The van der Waals surface area contributed by atoms with Gasteiger partial charge in [-0.15, -0.1) is 6.42 Å². The molecule has 1 rings (SSSR count). The molecule has 0 aliphatic carbocycles. The Morgan fingerprint density at radius 3 is 3.25 bits per heavy atom. The molecule has 0 aliphatic rings. The number of rotatable bonds is 5. The van der Waals surface area contributed by atoms with Gasteiger partial charge in [0.05, 0.1) is 6.33 Å². The Balaban J connectivity index is 2.01. The van der Waals surface area contributed by atoms with Crippen LogP contribution >= 0.6 is 0 Å². The summed E-state index contributed by atoms with van der Waals surface area (Å²) in [5.74, 6) is 2.42. The Bertz CT molecular complexity index is 236. The molecule has 1 aromatic heterocycles. The first-order valence-corrected chi connectivity index (χ1v) is 3.92. The number of aromatic amines is 1. The van der Waals surface area contributed by atoms with E-state index in [1.165, 1.54) is 0 Å². The summed E-state index contributed by atoms with van der Waals surface area (Å²) in [4.78, 5) is 6.93. The first-order chi connectivity index (χ1) is 5.93. The first kappa shape index (κ1) is 8.82. The third-order valence-corrected chi connectivity index (χ3v) is 1.48. The highest BCUT2D eigenvalue weighted by atomic mass is 16.5. The molecule has 0 bridgehead atoms. The number of aromatic nitrogens is 2. The Labute approximate surface area is 72.2 Å². The van der Waals surface area contributed by atoms with Gasteiger partial charge in [0.1, 0.15) is 6.61 Å². The van der Waals surface area contributed by atoms with Crippen molar-refractivity contribution in [3.63, 3.8) is 0 Å². The molecule has 3 heteroatoms. The molecule has 0 atom stereocenters. The van der Waals surface area contributed by atoms with Crippen molar-refractivity contribution >= 4 is 0 Å². The second kappa shape index (κ2) is 5.39.